The number of primary amides is 1. The first-order valence-corrected chi connectivity index (χ1v) is 12.7. The zero-order valence-electron chi connectivity index (χ0n) is 20.9. The van der Waals surface area contributed by atoms with Gasteiger partial charge in [-0.1, -0.05) is 11.6 Å². The van der Waals surface area contributed by atoms with E-state index in [1.165, 1.54) is 6.20 Å². The SMILES string of the molecule is Cc1cncc(-c2cc(N3CCN(c4ncc(C(N)=O)cc4Cl)C[C@@H]3C)nc(N3CCC[C@@H]3C)n2)c1. The Morgan fingerprint density at radius 2 is 1.86 bits per heavy atom. The second-order valence-electron chi connectivity index (χ2n) is 9.73. The summed E-state index contributed by atoms with van der Waals surface area (Å²) in [6.45, 7) is 9.58. The van der Waals surface area contributed by atoms with Gasteiger partial charge in [0.25, 0.3) is 0 Å². The molecule has 2 aliphatic heterocycles. The molecule has 0 spiro atoms. The minimum Gasteiger partial charge on any atom is -0.366 e. The van der Waals surface area contributed by atoms with Gasteiger partial charge in [0.2, 0.25) is 11.9 Å². The number of aryl methyl sites for hydroxylation is 1. The number of carbonyl (C=O) groups excluding carboxylic acids is 1. The van der Waals surface area contributed by atoms with Crippen LogP contribution in [0.4, 0.5) is 17.6 Å². The molecule has 0 unspecified atom stereocenters. The van der Waals surface area contributed by atoms with Gasteiger partial charge < -0.3 is 20.4 Å². The monoisotopic (exact) mass is 506 g/mol. The Morgan fingerprint density at radius 3 is 2.53 bits per heavy atom. The molecule has 9 nitrogen and oxygen atoms in total. The molecule has 1 amide bonds. The van der Waals surface area contributed by atoms with E-state index >= 15 is 0 Å². The number of piperazine rings is 1. The van der Waals surface area contributed by atoms with Gasteiger partial charge in [-0.05, 0) is 51.3 Å². The zero-order chi connectivity index (χ0) is 25.4. The standard InChI is InChI=1S/C26H31ClN8O/c1-16-9-19(13-29-12-16)22-11-23(32-26(31-22)35-6-4-5-17(35)2)34-8-7-33(15-18(34)3)25-21(27)10-20(14-30-25)24(28)36/h9-14,17-18H,4-8,15H2,1-3H3,(H2,28,36)/t17-,18-/m0/s1. The Balaban J connectivity index is 1.45. The van der Waals surface area contributed by atoms with Crippen molar-refractivity contribution in [3.63, 3.8) is 0 Å². The van der Waals surface area contributed by atoms with Gasteiger partial charge in [0.1, 0.15) is 11.6 Å². The van der Waals surface area contributed by atoms with E-state index in [9.17, 15) is 4.79 Å². The minimum atomic E-state index is -0.541. The van der Waals surface area contributed by atoms with Crippen molar-refractivity contribution in [1.29, 1.82) is 0 Å². The second-order valence-corrected chi connectivity index (χ2v) is 10.1. The van der Waals surface area contributed by atoms with Crippen LogP contribution in [0.5, 0.6) is 0 Å². The van der Waals surface area contributed by atoms with Crippen molar-refractivity contribution in [3.8, 4) is 11.3 Å². The molecule has 2 atom stereocenters. The molecule has 10 heteroatoms. The number of nitrogens with zero attached hydrogens (tertiary/aromatic N) is 7. The zero-order valence-corrected chi connectivity index (χ0v) is 21.6. The Labute approximate surface area is 216 Å². The smallest absolute Gasteiger partial charge is 0.250 e. The Kier molecular flexibility index (Phi) is 6.66. The van der Waals surface area contributed by atoms with Gasteiger partial charge >= 0.3 is 0 Å². The van der Waals surface area contributed by atoms with E-state index in [1.807, 2.05) is 19.3 Å². The second kappa shape index (κ2) is 9.89. The molecule has 0 aromatic carbocycles. The van der Waals surface area contributed by atoms with Crippen molar-refractivity contribution < 1.29 is 4.79 Å². The summed E-state index contributed by atoms with van der Waals surface area (Å²) in [6.07, 6.45) is 7.49. The maximum absolute atomic E-state index is 11.5. The van der Waals surface area contributed by atoms with Crippen LogP contribution in [-0.2, 0) is 0 Å². The maximum Gasteiger partial charge on any atom is 0.250 e. The summed E-state index contributed by atoms with van der Waals surface area (Å²) in [4.78, 5) is 37.1. The van der Waals surface area contributed by atoms with Crippen LogP contribution in [-0.4, -0.2) is 64.1 Å². The normalized spacial score (nSPS) is 20.2. The highest BCUT2D eigenvalue weighted by molar-refractivity contribution is 6.33. The fraction of sp³-hybridized carbons (Fsp3) is 0.423. The molecular weight excluding hydrogens is 476 g/mol. The van der Waals surface area contributed by atoms with Gasteiger partial charge in [0.15, 0.2) is 0 Å². The Bertz CT molecular complexity index is 1280. The molecule has 0 aliphatic carbocycles. The molecule has 0 radical (unpaired) electrons. The predicted molar refractivity (Wildman–Crippen MR) is 143 cm³/mol. The molecule has 3 aromatic heterocycles. The number of rotatable bonds is 5. The molecule has 2 saturated heterocycles. The summed E-state index contributed by atoms with van der Waals surface area (Å²) in [7, 11) is 0. The van der Waals surface area contributed by atoms with E-state index in [0.717, 1.165) is 54.5 Å². The first kappa shape index (κ1) is 24.2. The average molecular weight is 507 g/mol. The lowest BCUT2D eigenvalue weighted by atomic mass is 10.1. The molecule has 188 valence electrons. The number of hydrogen-bond donors (Lipinski definition) is 1. The van der Waals surface area contributed by atoms with E-state index in [4.69, 9.17) is 27.3 Å². The van der Waals surface area contributed by atoms with Gasteiger partial charge in [-0.15, -0.1) is 0 Å². The summed E-state index contributed by atoms with van der Waals surface area (Å²) >= 11 is 6.46. The van der Waals surface area contributed by atoms with Crippen LogP contribution in [0, 0.1) is 6.92 Å². The summed E-state index contributed by atoms with van der Waals surface area (Å²) in [6, 6.07) is 6.32. The summed E-state index contributed by atoms with van der Waals surface area (Å²) in [5.41, 5.74) is 8.64. The molecule has 0 bridgehead atoms. The first-order valence-electron chi connectivity index (χ1n) is 12.3. The lowest BCUT2D eigenvalue weighted by molar-refractivity contribution is 0.1000. The number of amides is 1. The van der Waals surface area contributed by atoms with Gasteiger partial charge in [-0.25, -0.2) is 9.97 Å². The number of halogens is 1. The highest BCUT2D eigenvalue weighted by Crippen LogP contribution is 2.32. The van der Waals surface area contributed by atoms with Crippen LogP contribution in [0.25, 0.3) is 11.3 Å². The number of carbonyl (C=O) groups is 1. The number of pyridine rings is 2. The van der Waals surface area contributed by atoms with Crippen LogP contribution in [0.3, 0.4) is 0 Å². The van der Waals surface area contributed by atoms with Crippen molar-refractivity contribution in [2.45, 2.75) is 45.7 Å². The van der Waals surface area contributed by atoms with Crippen LogP contribution in [0.15, 0.2) is 36.8 Å². The molecule has 2 fully saturated rings. The topological polar surface area (TPSA) is 104 Å². The third-order valence-electron chi connectivity index (χ3n) is 7.01. The van der Waals surface area contributed by atoms with Gasteiger partial charge in [-0.3, -0.25) is 9.78 Å². The molecule has 5 rings (SSSR count). The number of aromatic nitrogens is 4. The van der Waals surface area contributed by atoms with E-state index in [-0.39, 0.29) is 6.04 Å². The van der Waals surface area contributed by atoms with Crippen molar-refractivity contribution >= 4 is 35.1 Å². The van der Waals surface area contributed by atoms with Crippen molar-refractivity contribution in [2.24, 2.45) is 5.73 Å². The molecule has 2 aliphatic rings. The van der Waals surface area contributed by atoms with Crippen LogP contribution >= 0.6 is 11.6 Å². The molecule has 5 heterocycles. The largest absolute Gasteiger partial charge is 0.366 e. The highest BCUT2D eigenvalue weighted by Gasteiger charge is 2.29. The lowest BCUT2D eigenvalue weighted by Gasteiger charge is -2.41. The highest BCUT2D eigenvalue weighted by atomic mass is 35.5. The third-order valence-corrected chi connectivity index (χ3v) is 7.29. The molecular formula is C26H31ClN8O. The van der Waals surface area contributed by atoms with Crippen molar-refractivity contribution in [3.05, 3.63) is 52.9 Å². The molecule has 3 aromatic rings. The predicted octanol–water partition coefficient (Wildman–Crippen LogP) is 3.70. The Hall–Kier alpha value is -3.46. The summed E-state index contributed by atoms with van der Waals surface area (Å²) in [5.74, 6) is 1.80. The van der Waals surface area contributed by atoms with E-state index < -0.39 is 5.91 Å². The first-order chi connectivity index (χ1) is 17.3. The van der Waals surface area contributed by atoms with E-state index in [2.05, 4.69) is 50.6 Å². The van der Waals surface area contributed by atoms with Gasteiger partial charge in [-0.2, -0.15) is 4.98 Å². The van der Waals surface area contributed by atoms with E-state index in [0.29, 0.717) is 35.5 Å². The van der Waals surface area contributed by atoms with Crippen LogP contribution in [0.1, 0.15) is 42.6 Å². The lowest BCUT2D eigenvalue weighted by Crippen LogP contribution is -2.53. The molecule has 36 heavy (non-hydrogen) atoms. The fourth-order valence-corrected chi connectivity index (χ4v) is 5.35. The number of anilines is 3. The van der Waals surface area contributed by atoms with Crippen LogP contribution in [0.2, 0.25) is 5.02 Å². The molecule has 2 N–H and O–H groups in total. The maximum atomic E-state index is 11.5. The van der Waals surface area contributed by atoms with Crippen molar-refractivity contribution in [1.82, 2.24) is 19.9 Å². The van der Waals surface area contributed by atoms with Crippen LogP contribution < -0.4 is 20.4 Å². The summed E-state index contributed by atoms with van der Waals surface area (Å²) in [5, 5.41) is 0.425. The molecule has 0 saturated carbocycles. The third kappa shape index (κ3) is 4.80. The Morgan fingerprint density at radius 1 is 1.03 bits per heavy atom. The number of nitrogens with two attached hydrogens (primary N) is 1. The van der Waals surface area contributed by atoms with E-state index in [1.54, 1.807) is 6.07 Å². The average Bonchev–Trinajstić information content (AvgIpc) is 3.29. The van der Waals surface area contributed by atoms with Gasteiger partial charge in [0, 0.05) is 68.5 Å². The number of hydrogen-bond acceptors (Lipinski definition) is 8. The quantitative estimate of drug-likeness (QED) is 0.558. The fourth-order valence-electron chi connectivity index (χ4n) is 5.06. The minimum absolute atomic E-state index is 0.148. The van der Waals surface area contributed by atoms with Gasteiger partial charge in [0.05, 0.1) is 16.3 Å². The summed E-state index contributed by atoms with van der Waals surface area (Å²) < 4.78 is 0. The van der Waals surface area contributed by atoms with Crippen molar-refractivity contribution in [2.75, 3.05) is 40.9 Å².